The number of benzene rings is 3. The number of carbonyl (C=O) groups is 3. The van der Waals surface area contributed by atoms with Crippen molar-refractivity contribution in [1.29, 1.82) is 0 Å². The van der Waals surface area contributed by atoms with E-state index < -0.39 is 34.4 Å². The molecule has 8 nitrogen and oxygen atoms in total. The summed E-state index contributed by atoms with van der Waals surface area (Å²) in [7, 11) is -4.20. The van der Waals surface area contributed by atoms with E-state index in [0.717, 1.165) is 5.56 Å². The van der Waals surface area contributed by atoms with Gasteiger partial charge in [0.05, 0.1) is 5.56 Å². The first kappa shape index (κ1) is 27.3. The molecule has 1 atom stereocenters. The maximum absolute atomic E-state index is 13.8. The number of hydrogen-bond acceptors (Lipinski definition) is 5. The summed E-state index contributed by atoms with van der Waals surface area (Å²) in [5.74, 6) is -1.80. The second kappa shape index (κ2) is 11.8. The van der Waals surface area contributed by atoms with E-state index in [1.165, 1.54) is 23.1 Å². The van der Waals surface area contributed by atoms with Gasteiger partial charge < -0.3 is 10.2 Å². The van der Waals surface area contributed by atoms with Gasteiger partial charge in [-0.25, -0.2) is 12.7 Å². The van der Waals surface area contributed by atoms with E-state index in [1.807, 2.05) is 37.3 Å². The van der Waals surface area contributed by atoms with Crippen molar-refractivity contribution in [3.63, 3.8) is 0 Å². The molecule has 3 aromatic rings. The van der Waals surface area contributed by atoms with Crippen LogP contribution in [0.4, 0.5) is 0 Å². The number of nitrogens with zero attached hydrogens (tertiary/aromatic N) is 2. The molecule has 0 saturated heterocycles. The number of carbonyl (C=O) groups excluding carboxylic acids is 3. The van der Waals surface area contributed by atoms with E-state index in [2.05, 4.69) is 5.32 Å². The standard InChI is InChI=1S/C28H28ClN3O5S/c1-2-16-30-27(34)24(17-20-8-4-3-5-9-20)31(18-21-12-14-22(29)15-13-21)26(33)19-32-28(35)23-10-6-7-11-25(23)38(32,36)37/h3-15,24H,2,16-19H2,1H3,(H,30,34)/t24-/m0/s1. The van der Waals surface area contributed by atoms with Gasteiger partial charge in [0.25, 0.3) is 15.9 Å². The first-order chi connectivity index (χ1) is 18.2. The fraction of sp³-hybridized carbons (Fsp3) is 0.250. The zero-order chi connectivity index (χ0) is 27.3. The van der Waals surface area contributed by atoms with Gasteiger partial charge in [-0.15, -0.1) is 0 Å². The van der Waals surface area contributed by atoms with Crippen LogP contribution in [0.2, 0.25) is 5.02 Å². The molecule has 0 saturated carbocycles. The van der Waals surface area contributed by atoms with Crippen molar-refractivity contribution >= 4 is 39.3 Å². The predicted octanol–water partition coefficient (Wildman–Crippen LogP) is 3.65. The third kappa shape index (κ3) is 5.89. The van der Waals surface area contributed by atoms with Gasteiger partial charge in [0.15, 0.2) is 0 Å². The van der Waals surface area contributed by atoms with Gasteiger partial charge in [0, 0.05) is 24.5 Å². The minimum Gasteiger partial charge on any atom is -0.354 e. The maximum Gasteiger partial charge on any atom is 0.269 e. The highest BCUT2D eigenvalue weighted by Crippen LogP contribution is 2.30. The van der Waals surface area contributed by atoms with E-state index in [-0.39, 0.29) is 29.3 Å². The zero-order valence-corrected chi connectivity index (χ0v) is 22.4. The monoisotopic (exact) mass is 553 g/mol. The summed E-state index contributed by atoms with van der Waals surface area (Å²) in [6.45, 7) is 1.63. The van der Waals surface area contributed by atoms with Crippen LogP contribution in [0.15, 0.2) is 83.8 Å². The predicted molar refractivity (Wildman–Crippen MR) is 144 cm³/mol. The highest BCUT2D eigenvalue weighted by atomic mass is 35.5. The van der Waals surface area contributed by atoms with Crippen LogP contribution >= 0.6 is 11.6 Å². The highest BCUT2D eigenvalue weighted by Gasteiger charge is 2.43. The number of sulfonamides is 1. The lowest BCUT2D eigenvalue weighted by molar-refractivity contribution is -0.141. The summed E-state index contributed by atoms with van der Waals surface area (Å²) >= 11 is 6.04. The van der Waals surface area contributed by atoms with Gasteiger partial charge in [-0.05, 0) is 41.8 Å². The third-order valence-corrected chi connectivity index (χ3v) is 8.32. The maximum atomic E-state index is 13.8. The number of fused-ring (bicyclic) bond motifs is 1. The van der Waals surface area contributed by atoms with Crippen molar-refractivity contribution in [2.24, 2.45) is 0 Å². The number of rotatable bonds is 10. The molecule has 1 aliphatic rings. The number of amides is 3. The molecule has 1 heterocycles. The first-order valence-electron chi connectivity index (χ1n) is 12.2. The molecule has 0 unspecified atom stereocenters. The molecule has 0 spiro atoms. The number of nitrogens with one attached hydrogen (secondary N) is 1. The molecule has 1 aliphatic heterocycles. The van der Waals surface area contributed by atoms with Gasteiger partial charge in [0.1, 0.15) is 17.5 Å². The second-order valence-corrected chi connectivity index (χ2v) is 11.2. The Morgan fingerprint density at radius 1 is 0.947 bits per heavy atom. The number of halogens is 1. The summed E-state index contributed by atoms with van der Waals surface area (Å²) in [6.07, 6.45) is 0.907. The SMILES string of the molecule is CCCNC(=O)[C@H](Cc1ccccc1)N(Cc1ccc(Cl)cc1)C(=O)CN1C(=O)c2ccccc2S1(=O)=O. The molecule has 38 heavy (non-hydrogen) atoms. The molecule has 3 aromatic carbocycles. The minimum atomic E-state index is -4.20. The Balaban J connectivity index is 1.70. The zero-order valence-electron chi connectivity index (χ0n) is 20.8. The molecular weight excluding hydrogens is 526 g/mol. The molecular formula is C28H28ClN3O5S. The van der Waals surface area contributed by atoms with Crippen LogP contribution < -0.4 is 5.32 Å². The Morgan fingerprint density at radius 2 is 1.61 bits per heavy atom. The summed E-state index contributed by atoms with van der Waals surface area (Å²) < 4.78 is 26.8. The van der Waals surface area contributed by atoms with Crippen molar-refractivity contribution in [2.45, 2.75) is 37.2 Å². The van der Waals surface area contributed by atoms with E-state index in [0.29, 0.717) is 27.9 Å². The average molecular weight is 554 g/mol. The topological polar surface area (TPSA) is 104 Å². The van der Waals surface area contributed by atoms with Gasteiger partial charge >= 0.3 is 0 Å². The van der Waals surface area contributed by atoms with E-state index in [4.69, 9.17) is 11.6 Å². The lowest BCUT2D eigenvalue weighted by atomic mass is 10.0. The minimum absolute atomic E-state index is 0.0159. The van der Waals surface area contributed by atoms with Crippen molar-refractivity contribution in [2.75, 3.05) is 13.1 Å². The Bertz CT molecular complexity index is 1430. The van der Waals surface area contributed by atoms with Gasteiger partial charge in [-0.1, -0.05) is 73.1 Å². The van der Waals surface area contributed by atoms with Gasteiger partial charge in [0.2, 0.25) is 11.8 Å². The molecule has 198 valence electrons. The smallest absolute Gasteiger partial charge is 0.269 e. The van der Waals surface area contributed by atoms with E-state index >= 15 is 0 Å². The summed E-state index contributed by atoms with van der Waals surface area (Å²) in [5.41, 5.74) is 1.55. The lowest BCUT2D eigenvalue weighted by Crippen LogP contribution is -2.53. The number of hydrogen-bond donors (Lipinski definition) is 1. The van der Waals surface area contributed by atoms with E-state index in [1.54, 1.807) is 30.3 Å². The van der Waals surface area contributed by atoms with Gasteiger partial charge in [-0.3, -0.25) is 14.4 Å². The molecule has 1 N–H and O–H groups in total. The fourth-order valence-electron chi connectivity index (χ4n) is 4.31. The average Bonchev–Trinajstić information content (AvgIpc) is 3.11. The molecule has 10 heteroatoms. The van der Waals surface area contributed by atoms with Crippen molar-refractivity contribution in [3.8, 4) is 0 Å². The van der Waals surface area contributed by atoms with Crippen LogP contribution in [-0.4, -0.2) is 54.5 Å². The highest BCUT2D eigenvalue weighted by molar-refractivity contribution is 7.90. The Labute approximate surface area is 227 Å². The molecule has 0 aromatic heterocycles. The molecule has 0 fully saturated rings. The van der Waals surface area contributed by atoms with Crippen LogP contribution in [0.25, 0.3) is 0 Å². The normalized spacial score (nSPS) is 14.6. The Morgan fingerprint density at radius 3 is 2.26 bits per heavy atom. The molecule has 0 aliphatic carbocycles. The van der Waals surface area contributed by atoms with Crippen LogP contribution in [0.3, 0.4) is 0 Å². The Hall–Kier alpha value is -3.69. The third-order valence-electron chi connectivity index (χ3n) is 6.28. The molecule has 4 rings (SSSR count). The summed E-state index contributed by atoms with van der Waals surface area (Å²) in [5, 5.41) is 3.38. The van der Waals surface area contributed by atoms with Crippen molar-refractivity contribution in [1.82, 2.24) is 14.5 Å². The quantitative estimate of drug-likeness (QED) is 0.413. The van der Waals surface area contributed by atoms with Crippen LogP contribution in [0.1, 0.15) is 34.8 Å². The second-order valence-electron chi connectivity index (χ2n) is 8.96. The summed E-state index contributed by atoms with van der Waals surface area (Å²) in [4.78, 5) is 41.4. The molecule has 0 radical (unpaired) electrons. The van der Waals surface area contributed by atoms with Crippen molar-refractivity contribution < 1.29 is 22.8 Å². The van der Waals surface area contributed by atoms with E-state index in [9.17, 15) is 22.8 Å². The Kier molecular flexibility index (Phi) is 8.48. The lowest BCUT2D eigenvalue weighted by Gasteiger charge is -2.32. The largest absolute Gasteiger partial charge is 0.354 e. The van der Waals surface area contributed by atoms with Crippen molar-refractivity contribution in [3.05, 3.63) is 101 Å². The fourth-order valence-corrected chi connectivity index (χ4v) is 5.95. The first-order valence-corrected chi connectivity index (χ1v) is 14.1. The van der Waals surface area contributed by atoms with Crippen LogP contribution in [0.5, 0.6) is 0 Å². The van der Waals surface area contributed by atoms with Crippen LogP contribution in [0, 0.1) is 0 Å². The van der Waals surface area contributed by atoms with Crippen LogP contribution in [-0.2, 0) is 32.6 Å². The van der Waals surface area contributed by atoms with Gasteiger partial charge in [-0.2, -0.15) is 0 Å². The molecule has 3 amide bonds. The molecule has 0 bridgehead atoms. The summed E-state index contributed by atoms with van der Waals surface area (Å²) in [6, 6.07) is 21.0.